The second-order valence-corrected chi connectivity index (χ2v) is 8.33. The van der Waals surface area contributed by atoms with Gasteiger partial charge in [0.1, 0.15) is 18.6 Å². The Hall–Kier alpha value is -4.21. The molecule has 1 N–H and O–H groups in total. The van der Waals surface area contributed by atoms with Gasteiger partial charge < -0.3 is 19.2 Å². The molecule has 0 saturated carbocycles. The zero-order valence-electron chi connectivity index (χ0n) is 20.0. The Labute approximate surface area is 207 Å². The van der Waals surface area contributed by atoms with Crippen molar-refractivity contribution in [2.45, 2.75) is 33.2 Å². The summed E-state index contributed by atoms with van der Waals surface area (Å²) < 4.78 is 30.2. The van der Waals surface area contributed by atoms with Crippen LogP contribution in [0.4, 0.5) is 10.1 Å². The molecule has 2 aromatic carbocycles. The van der Waals surface area contributed by atoms with Gasteiger partial charge in [0.2, 0.25) is 5.89 Å². The summed E-state index contributed by atoms with van der Waals surface area (Å²) in [6, 6.07) is 9.03. The van der Waals surface area contributed by atoms with Crippen LogP contribution in [0.15, 0.2) is 47.1 Å². The molecule has 3 aromatic rings. The molecule has 36 heavy (non-hydrogen) atoms. The summed E-state index contributed by atoms with van der Waals surface area (Å²) in [7, 11) is 0. The van der Waals surface area contributed by atoms with Crippen LogP contribution in [0, 0.1) is 12.7 Å². The Morgan fingerprint density at radius 1 is 1.22 bits per heavy atom. The minimum atomic E-state index is -0.562. The molecule has 0 atom stereocenters. The topological polar surface area (TPSA) is 111 Å². The average Bonchev–Trinajstić information content (AvgIpc) is 3.35. The van der Waals surface area contributed by atoms with E-state index in [4.69, 9.17) is 13.9 Å². The number of nitrogens with zero attached hydrogens (tertiary/aromatic N) is 2. The van der Waals surface area contributed by atoms with E-state index < -0.39 is 11.6 Å². The fourth-order valence-corrected chi connectivity index (χ4v) is 3.59. The van der Waals surface area contributed by atoms with E-state index in [0.29, 0.717) is 18.0 Å². The van der Waals surface area contributed by atoms with Crippen molar-refractivity contribution in [2.75, 3.05) is 24.7 Å². The maximum Gasteiger partial charge on any atom is 0.273 e. The third-order valence-electron chi connectivity index (χ3n) is 5.56. The first-order valence-electron chi connectivity index (χ1n) is 11.6. The Bertz CT molecular complexity index is 1290. The maximum absolute atomic E-state index is 13.9. The number of nitrogens with one attached hydrogen (secondary N) is 1. The zero-order valence-corrected chi connectivity index (χ0v) is 20.0. The van der Waals surface area contributed by atoms with Gasteiger partial charge in [-0.2, -0.15) is 0 Å². The van der Waals surface area contributed by atoms with E-state index in [1.54, 1.807) is 25.1 Å². The first-order chi connectivity index (χ1) is 17.4. The minimum absolute atomic E-state index is 0.0140. The van der Waals surface area contributed by atoms with Crippen molar-refractivity contribution >= 4 is 23.3 Å². The molecule has 0 saturated heterocycles. The third-order valence-corrected chi connectivity index (χ3v) is 5.56. The standard InChI is InChI=1S/C26H26FN3O6/c1-3-4-9-28-26(33)19-13-36-24(29-19)12-30-20-11-17(6-8-22(20)35-15-25(30)32)21(31)14-34-23-10-16(2)5-7-18(23)27/h5-8,10-11,13H,3-4,9,12,14-15H2,1-2H3,(H,28,33). The number of hydrogen-bond donors (Lipinski definition) is 1. The number of ether oxygens (including phenoxy) is 2. The van der Waals surface area contributed by atoms with Crippen molar-refractivity contribution in [1.82, 2.24) is 10.3 Å². The molecular weight excluding hydrogens is 469 g/mol. The van der Waals surface area contributed by atoms with E-state index in [2.05, 4.69) is 10.3 Å². The van der Waals surface area contributed by atoms with Gasteiger partial charge in [0.25, 0.3) is 11.8 Å². The lowest BCUT2D eigenvalue weighted by atomic mass is 10.1. The molecule has 4 rings (SSSR count). The lowest BCUT2D eigenvalue weighted by Crippen LogP contribution is -2.38. The van der Waals surface area contributed by atoms with Gasteiger partial charge >= 0.3 is 0 Å². The number of unbranched alkanes of at least 4 members (excludes halogenated alkanes) is 1. The summed E-state index contributed by atoms with van der Waals surface area (Å²) in [5.41, 5.74) is 1.53. The van der Waals surface area contributed by atoms with Crippen molar-refractivity contribution < 1.29 is 32.7 Å². The van der Waals surface area contributed by atoms with Crippen LogP contribution >= 0.6 is 0 Å². The van der Waals surface area contributed by atoms with Crippen LogP contribution in [0.2, 0.25) is 0 Å². The van der Waals surface area contributed by atoms with E-state index in [1.807, 2.05) is 6.92 Å². The molecule has 0 spiro atoms. The molecule has 10 heteroatoms. The van der Waals surface area contributed by atoms with Crippen LogP contribution in [0.25, 0.3) is 0 Å². The van der Waals surface area contributed by atoms with Crippen molar-refractivity contribution in [3.8, 4) is 11.5 Å². The molecule has 0 radical (unpaired) electrons. The van der Waals surface area contributed by atoms with Crippen LogP contribution in [-0.2, 0) is 11.3 Å². The smallest absolute Gasteiger partial charge is 0.273 e. The fourth-order valence-electron chi connectivity index (χ4n) is 3.59. The van der Waals surface area contributed by atoms with Gasteiger partial charge in [0, 0.05) is 12.1 Å². The van der Waals surface area contributed by atoms with Gasteiger partial charge in [-0.25, -0.2) is 9.37 Å². The molecule has 9 nitrogen and oxygen atoms in total. The van der Waals surface area contributed by atoms with Crippen molar-refractivity contribution in [2.24, 2.45) is 0 Å². The molecule has 2 heterocycles. The van der Waals surface area contributed by atoms with Crippen molar-refractivity contribution in [3.63, 3.8) is 0 Å². The first kappa shape index (κ1) is 24.9. The molecule has 1 aliphatic heterocycles. The maximum atomic E-state index is 13.9. The summed E-state index contributed by atoms with van der Waals surface area (Å²) in [5.74, 6) is -1.14. The summed E-state index contributed by atoms with van der Waals surface area (Å²) >= 11 is 0. The quantitative estimate of drug-likeness (QED) is 0.336. The monoisotopic (exact) mass is 495 g/mol. The average molecular weight is 496 g/mol. The van der Waals surface area contributed by atoms with E-state index >= 15 is 0 Å². The number of halogens is 1. The number of ketones is 1. The predicted octanol–water partition coefficient (Wildman–Crippen LogP) is 3.84. The SMILES string of the molecule is CCCCNC(=O)c1coc(CN2C(=O)COc3ccc(C(=O)COc4cc(C)ccc4F)cc32)n1. The van der Waals surface area contributed by atoms with Gasteiger partial charge in [-0.3, -0.25) is 19.3 Å². The number of anilines is 1. The van der Waals surface area contributed by atoms with E-state index in [-0.39, 0.29) is 54.5 Å². The highest BCUT2D eigenvalue weighted by Gasteiger charge is 2.28. The second kappa shape index (κ2) is 11.0. The third kappa shape index (κ3) is 5.70. The molecular formula is C26H26FN3O6. The molecule has 0 aliphatic carbocycles. The van der Waals surface area contributed by atoms with Crippen LogP contribution in [0.1, 0.15) is 52.1 Å². The van der Waals surface area contributed by atoms with Crippen molar-refractivity contribution in [3.05, 3.63) is 71.2 Å². The first-order valence-corrected chi connectivity index (χ1v) is 11.6. The highest BCUT2D eigenvalue weighted by atomic mass is 19.1. The highest BCUT2D eigenvalue weighted by Crippen LogP contribution is 2.34. The molecule has 1 aromatic heterocycles. The van der Waals surface area contributed by atoms with E-state index in [9.17, 15) is 18.8 Å². The van der Waals surface area contributed by atoms with E-state index in [0.717, 1.165) is 18.4 Å². The Morgan fingerprint density at radius 2 is 2.06 bits per heavy atom. The number of fused-ring (bicyclic) bond motifs is 1. The highest BCUT2D eigenvalue weighted by molar-refractivity contribution is 6.02. The number of carbonyl (C=O) groups is 3. The molecule has 2 amide bonds. The Balaban J connectivity index is 1.48. The number of aryl methyl sites for hydroxylation is 1. The number of amides is 2. The predicted molar refractivity (Wildman–Crippen MR) is 128 cm³/mol. The van der Waals surface area contributed by atoms with Crippen LogP contribution in [0.5, 0.6) is 11.5 Å². The number of oxazole rings is 1. The van der Waals surface area contributed by atoms with Gasteiger partial charge in [-0.15, -0.1) is 0 Å². The normalized spacial score (nSPS) is 12.6. The van der Waals surface area contributed by atoms with Gasteiger partial charge in [0.15, 0.2) is 36.3 Å². The molecule has 0 unspecified atom stereocenters. The number of benzene rings is 2. The number of Topliss-reactive ketones (excluding diaryl/α,β-unsaturated/α-hetero) is 1. The molecule has 0 fully saturated rings. The molecule has 1 aliphatic rings. The molecule has 0 bridgehead atoms. The lowest BCUT2D eigenvalue weighted by Gasteiger charge is -2.28. The van der Waals surface area contributed by atoms with Crippen LogP contribution in [0.3, 0.4) is 0 Å². The van der Waals surface area contributed by atoms with Gasteiger partial charge in [-0.05, 0) is 49.2 Å². The number of rotatable bonds is 10. The Kier molecular flexibility index (Phi) is 7.62. The summed E-state index contributed by atoms with van der Waals surface area (Å²) in [6.07, 6.45) is 3.04. The van der Waals surface area contributed by atoms with Gasteiger partial charge in [-0.1, -0.05) is 19.4 Å². The minimum Gasteiger partial charge on any atom is -0.482 e. The number of carbonyl (C=O) groups excluding carboxylic acids is 3. The summed E-state index contributed by atoms with van der Waals surface area (Å²) in [4.78, 5) is 43.2. The van der Waals surface area contributed by atoms with E-state index in [1.165, 1.54) is 29.4 Å². The second-order valence-electron chi connectivity index (χ2n) is 8.33. The van der Waals surface area contributed by atoms with Crippen LogP contribution < -0.4 is 19.7 Å². The van der Waals surface area contributed by atoms with Crippen LogP contribution in [-0.4, -0.2) is 42.3 Å². The van der Waals surface area contributed by atoms with Gasteiger partial charge in [0.05, 0.1) is 5.69 Å². The molecule has 188 valence electrons. The number of aromatic nitrogens is 1. The number of hydrogen-bond acceptors (Lipinski definition) is 7. The largest absolute Gasteiger partial charge is 0.482 e. The van der Waals surface area contributed by atoms with Crippen molar-refractivity contribution in [1.29, 1.82) is 0 Å². The summed E-state index contributed by atoms with van der Waals surface area (Å²) in [6.45, 7) is 3.71. The lowest BCUT2D eigenvalue weighted by molar-refractivity contribution is -0.121. The fraction of sp³-hybridized carbons (Fsp3) is 0.308. The summed E-state index contributed by atoms with van der Waals surface area (Å²) in [5, 5.41) is 2.76. The zero-order chi connectivity index (χ0) is 25.7. The Morgan fingerprint density at radius 3 is 2.86 bits per heavy atom.